The molecule has 5 nitrogen and oxygen atoms in total. The van der Waals surface area contributed by atoms with E-state index in [0.717, 1.165) is 42.0 Å². The molecule has 0 fully saturated rings. The molecular weight excluding hydrogens is 290 g/mol. The van der Waals surface area contributed by atoms with Crippen molar-refractivity contribution in [3.05, 3.63) is 35.5 Å². The summed E-state index contributed by atoms with van der Waals surface area (Å²) in [5, 5.41) is 4.39. The van der Waals surface area contributed by atoms with Gasteiger partial charge in [-0.25, -0.2) is 0 Å². The second-order valence-corrected chi connectivity index (χ2v) is 5.82. The number of unbranched alkanes of at least 4 members (excludes halogenated alkanes) is 1. The summed E-state index contributed by atoms with van der Waals surface area (Å²) in [5.41, 5.74) is 3.41. The van der Waals surface area contributed by atoms with Crippen LogP contribution in [0.5, 0.6) is 5.75 Å². The summed E-state index contributed by atoms with van der Waals surface area (Å²) in [6, 6.07) is 7.82. The normalized spacial score (nSPS) is 10.7. The van der Waals surface area contributed by atoms with Gasteiger partial charge in [-0.15, -0.1) is 0 Å². The van der Waals surface area contributed by atoms with Gasteiger partial charge >= 0.3 is 0 Å². The van der Waals surface area contributed by atoms with Gasteiger partial charge in [0.1, 0.15) is 5.75 Å². The van der Waals surface area contributed by atoms with Crippen LogP contribution in [0.1, 0.15) is 35.8 Å². The van der Waals surface area contributed by atoms with Crippen LogP contribution in [0.2, 0.25) is 0 Å². The van der Waals surface area contributed by atoms with Crippen LogP contribution in [0.3, 0.4) is 0 Å². The smallest absolute Gasteiger partial charge is 0.274 e. The van der Waals surface area contributed by atoms with Gasteiger partial charge in [-0.2, -0.15) is 5.10 Å². The van der Waals surface area contributed by atoms with Gasteiger partial charge in [-0.3, -0.25) is 9.48 Å². The van der Waals surface area contributed by atoms with E-state index in [2.05, 4.69) is 12.0 Å². The molecule has 2 rings (SSSR count). The molecule has 0 radical (unpaired) electrons. The van der Waals surface area contributed by atoms with E-state index in [9.17, 15) is 4.79 Å². The zero-order chi connectivity index (χ0) is 17.0. The predicted molar refractivity (Wildman–Crippen MR) is 91.8 cm³/mol. The topological polar surface area (TPSA) is 47.4 Å². The lowest BCUT2D eigenvalue weighted by Crippen LogP contribution is -2.28. The van der Waals surface area contributed by atoms with Crippen LogP contribution in [0.25, 0.3) is 11.3 Å². The second kappa shape index (κ2) is 7.31. The van der Waals surface area contributed by atoms with E-state index < -0.39 is 0 Å². The lowest BCUT2D eigenvalue weighted by Gasteiger charge is -2.14. The number of ether oxygens (including phenoxy) is 1. The minimum atomic E-state index is -0.0491. The molecule has 2 aromatic rings. The molecule has 124 valence electrons. The number of amides is 1. The van der Waals surface area contributed by atoms with Gasteiger partial charge in [0.2, 0.25) is 0 Å². The van der Waals surface area contributed by atoms with Gasteiger partial charge in [0.25, 0.3) is 5.91 Å². The fourth-order valence-electron chi connectivity index (χ4n) is 2.54. The molecule has 1 amide bonds. The lowest BCUT2D eigenvalue weighted by molar-refractivity contribution is 0.0786. The molecule has 0 bridgehead atoms. The summed E-state index contributed by atoms with van der Waals surface area (Å²) in [6.45, 7) is 4.89. The van der Waals surface area contributed by atoms with Gasteiger partial charge in [0, 0.05) is 26.2 Å². The van der Waals surface area contributed by atoms with E-state index in [-0.39, 0.29) is 5.91 Å². The first-order valence-corrected chi connectivity index (χ1v) is 7.92. The van der Waals surface area contributed by atoms with Crippen molar-refractivity contribution in [1.82, 2.24) is 14.7 Å². The Hall–Kier alpha value is -2.30. The molecule has 0 N–H and O–H groups in total. The largest absolute Gasteiger partial charge is 0.496 e. The number of carbonyl (C=O) groups is 1. The maximum atomic E-state index is 12.5. The van der Waals surface area contributed by atoms with E-state index >= 15 is 0 Å². The summed E-state index contributed by atoms with van der Waals surface area (Å²) in [4.78, 5) is 14.2. The summed E-state index contributed by atoms with van der Waals surface area (Å²) >= 11 is 0. The second-order valence-electron chi connectivity index (χ2n) is 5.82. The van der Waals surface area contributed by atoms with Crippen molar-refractivity contribution < 1.29 is 9.53 Å². The Kier molecular flexibility index (Phi) is 5.42. The molecule has 23 heavy (non-hydrogen) atoms. The van der Waals surface area contributed by atoms with Gasteiger partial charge < -0.3 is 9.64 Å². The number of benzene rings is 1. The van der Waals surface area contributed by atoms with Gasteiger partial charge in [0.15, 0.2) is 5.69 Å². The minimum Gasteiger partial charge on any atom is -0.496 e. The van der Waals surface area contributed by atoms with Gasteiger partial charge in [-0.05, 0) is 31.5 Å². The Balaban J connectivity index is 2.35. The molecule has 0 spiro atoms. The Labute approximate surface area is 137 Å². The first-order valence-electron chi connectivity index (χ1n) is 7.92. The highest BCUT2D eigenvalue weighted by molar-refractivity contribution is 5.93. The highest BCUT2D eigenvalue weighted by Gasteiger charge is 2.19. The molecule has 0 unspecified atom stereocenters. The van der Waals surface area contributed by atoms with E-state index in [1.807, 2.05) is 45.3 Å². The van der Waals surface area contributed by atoms with Crippen molar-refractivity contribution >= 4 is 5.91 Å². The molecule has 0 atom stereocenters. The molecule has 0 aliphatic carbocycles. The van der Waals surface area contributed by atoms with Crippen molar-refractivity contribution in [2.75, 3.05) is 20.7 Å². The maximum absolute atomic E-state index is 12.5. The number of methoxy groups -OCH3 is 1. The predicted octanol–water partition coefficient (Wildman–Crippen LogP) is 3.28. The molecular formula is C18H25N3O2. The van der Waals surface area contributed by atoms with Crippen LogP contribution in [-0.4, -0.2) is 41.3 Å². The Morgan fingerprint density at radius 3 is 2.74 bits per heavy atom. The molecule has 0 aliphatic heterocycles. The fourth-order valence-corrected chi connectivity index (χ4v) is 2.54. The summed E-state index contributed by atoms with van der Waals surface area (Å²) in [5.74, 6) is 0.726. The highest BCUT2D eigenvalue weighted by Crippen LogP contribution is 2.31. The zero-order valence-corrected chi connectivity index (χ0v) is 14.6. The van der Waals surface area contributed by atoms with Crippen molar-refractivity contribution in [2.45, 2.75) is 26.7 Å². The third-order valence-corrected chi connectivity index (χ3v) is 3.92. The molecule has 1 heterocycles. The number of nitrogens with zero attached hydrogens (tertiary/aromatic N) is 3. The Bertz CT molecular complexity index is 692. The molecule has 5 heteroatoms. The van der Waals surface area contributed by atoms with Crippen LogP contribution in [0.4, 0.5) is 0 Å². The summed E-state index contributed by atoms with van der Waals surface area (Å²) in [6.07, 6.45) is 2.05. The van der Waals surface area contributed by atoms with Crippen LogP contribution >= 0.6 is 0 Å². The molecule has 1 aromatic heterocycles. The SMILES string of the molecule is CCCCN(C)C(=O)c1cc(-c2cc(C)ccc2OC)n(C)n1. The summed E-state index contributed by atoms with van der Waals surface area (Å²) in [7, 11) is 5.31. The average molecular weight is 315 g/mol. The fraction of sp³-hybridized carbons (Fsp3) is 0.444. The van der Waals surface area contributed by atoms with Crippen LogP contribution in [-0.2, 0) is 7.05 Å². The van der Waals surface area contributed by atoms with Crippen molar-refractivity contribution in [1.29, 1.82) is 0 Å². The van der Waals surface area contributed by atoms with Gasteiger partial charge in [0.05, 0.1) is 12.8 Å². The Morgan fingerprint density at radius 1 is 1.35 bits per heavy atom. The first-order chi connectivity index (χ1) is 11.0. The van der Waals surface area contributed by atoms with Crippen molar-refractivity contribution in [3.63, 3.8) is 0 Å². The number of hydrogen-bond donors (Lipinski definition) is 0. The third kappa shape index (κ3) is 3.73. The van der Waals surface area contributed by atoms with Crippen LogP contribution < -0.4 is 4.74 Å². The van der Waals surface area contributed by atoms with Gasteiger partial charge in [-0.1, -0.05) is 25.0 Å². The molecule has 0 saturated carbocycles. The van der Waals surface area contributed by atoms with Crippen molar-refractivity contribution in [2.24, 2.45) is 7.05 Å². The quantitative estimate of drug-likeness (QED) is 0.822. The number of hydrogen-bond acceptors (Lipinski definition) is 3. The Morgan fingerprint density at radius 2 is 2.09 bits per heavy atom. The minimum absolute atomic E-state index is 0.0491. The highest BCUT2D eigenvalue weighted by atomic mass is 16.5. The maximum Gasteiger partial charge on any atom is 0.274 e. The number of aromatic nitrogens is 2. The molecule has 0 saturated heterocycles. The zero-order valence-electron chi connectivity index (χ0n) is 14.6. The lowest BCUT2D eigenvalue weighted by atomic mass is 10.1. The first kappa shape index (κ1) is 17.1. The van der Waals surface area contributed by atoms with E-state index in [1.54, 1.807) is 16.7 Å². The standard InChI is InChI=1S/C18H25N3O2/c1-6-7-10-20(3)18(22)15-12-16(21(4)19-15)14-11-13(2)8-9-17(14)23-5/h8-9,11-12H,6-7,10H2,1-5H3. The molecule has 0 aliphatic rings. The number of carbonyl (C=O) groups excluding carboxylic acids is 1. The average Bonchev–Trinajstić information content (AvgIpc) is 2.93. The van der Waals surface area contributed by atoms with Crippen LogP contribution in [0, 0.1) is 6.92 Å². The van der Waals surface area contributed by atoms with Crippen molar-refractivity contribution in [3.8, 4) is 17.0 Å². The van der Waals surface area contributed by atoms with Crippen LogP contribution in [0.15, 0.2) is 24.3 Å². The molecule has 1 aromatic carbocycles. The summed E-state index contributed by atoms with van der Waals surface area (Å²) < 4.78 is 7.18. The number of rotatable bonds is 6. The monoisotopic (exact) mass is 315 g/mol. The number of aryl methyl sites for hydroxylation is 2. The van der Waals surface area contributed by atoms with E-state index in [0.29, 0.717) is 5.69 Å². The van der Waals surface area contributed by atoms with E-state index in [4.69, 9.17) is 4.74 Å². The third-order valence-electron chi connectivity index (χ3n) is 3.92. The van der Waals surface area contributed by atoms with E-state index in [1.165, 1.54) is 0 Å².